The first-order valence-electron chi connectivity index (χ1n) is 9.25. The summed E-state index contributed by atoms with van der Waals surface area (Å²) in [6, 6.07) is 0.457. The molecule has 0 amide bonds. The molecule has 4 nitrogen and oxygen atoms in total. The second-order valence-electron chi connectivity index (χ2n) is 6.85. The van der Waals surface area contributed by atoms with Crippen molar-refractivity contribution in [2.45, 2.75) is 78.6 Å². The average molecular weight is 414 g/mol. The maximum absolute atomic E-state index is 5.40. The molecule has 126 valence electrons. The monoisotopic (exact) mass is 415 g/mol. The van der Waals surface area contributed by atoms with Crippen LogP contribution in [0.4, 0.5) is 0 Å². The summed E-state index contributed by atoms with van der Waals surface area (Å²) in [4.78, 5) is 0. The number of hydrogen-bond donors (Lipinski definition) is 0. The molecule has 2 rings (SSSR count). The van der Waals surface area contributed by atoms with Crippen LogP contribution in [0.5, 0.6) is 0 Å². The minimum absolute atomic E-state index is 0.457. The van der Waals surface area contributed by atoms with Gasteiger partial charge in [0.1, 0.15) is 0 Å². The van der Waals surface area contributed by atoms with Gasteiger partial charge in [0, 0.05) is 0 Å². The summed E-state index contributed by atoms with van der Waals surface area (Å²) in [7, 11) is 0. The van der Waals surface area contributed by atoms with Gasteiger partial charge in [-0.1, -0.05) is 0 Å². The molecule has 0 radical (unpaired) electrons. The molecule has 2 heterocycles. The summed E-state index contributed by atoms with van der Waals surface area (Å²) in [5, 5.41) is 8.79. The Bertz CT molecular complexity index is 410. The molecule has 5 heteroatoms. The predicted octanol–water partition coefficient (Wildman–Crippen LogP) is 3.91. The first-order valence-corrected chi connectivity index (χ1v) is 16.7. The van der Waals surface area contributed by atoms with E-state index >= 15 is 0 Å². The van der Waals surface area contributed by atoms with Crippen LogP contribution in [0.25, 0.3) is 0 Å². The molecule has 1 aliphatic rings. The zero-order valence-corrected chi connectivity index (χ0v) is 17.5. The van der Waals surface area contributed by atoms with E-state index in [1.165, 1.54) is 51.8 Å². The van der Waals surface area contributed by atoms with Gasteiger partial charge in [0.25, 0.3) is 0 Å². The summed E-state index contributed by atoms with van der Waals surface area (Å²) >= 11 is -2.39. The fourth-order valence-electron chi connectivity index (χ4n) is 3.56. The quantitative estimate of drug-likeness (QED) is 0.516. The normalized spacial score (nSPS) is 16.0. The second-order valence-corrected chi connectivity index (χ2v) is 19.9. The number of rotatable bonds is 11. The zero-order chi connectivity index (χ0) is 15.8. The third-order valence-corrected chi connectivity index (χ3v) is 20.5. The van der Waals surface area contributed by atoms with Crippen molar-refractivity contribution in [3.8, 4) is 0 Å². The van der Waals surface area contributed by atoms with E-state index < -0.39 is 18.4 Å². The van der Waals surface area contributed by atoms with E-state index in [0.717, 1.165) is 13.2 Å². The Kier molecular flexibility index (Phi) is 7.67. The van der Waals surface area contributed by atoms with Crippen LogP contribution in [0.3, 0.4) is 0 Å². The van der Waals surface area contributed by atoms with Gasteiger partial charge in [0.05, 0.1) is 0 Å². The number of aromatic nitrogens is 3. The molecule has 0 unspecified atom stereocenters. The van der Waals surface area contributed by atoms with Gasteiger partial charge in [0.15, 0.2) is 0 Å². The Morgan fingerprint density at radius 1 is 1.05 bits per heavy atom. The molecule has 0 aromatic carbocycles. The first kappa shape index (κ1) is 18.2. The van der Waals surface area contributed by atoms with E-state index in [1.54, 1.807) is 3.71 Å². The molecule has 0 spiro atoms. The Labute approximate surface area is 139 Å². The van der Waals surface area contributed by atoms with Crippen molar-refractivity contribution < 1.29 is 4.74 Å². The van der Waals surface area contributed by atoms with E-state index in [4.69, 9.17) is 4.74 Å². The Morgan fingerprint density at radius 3 is 2.00 bits per heavy atom. The van der Waals surface area contributed by atoms with Crippen molar-refractivity contribution in [1.82, 2.24) is 15.0 Å². The fourth-order valence-corrected chi connectivity index (χ4v) is 19.7. The van der Waals surface area contributed by atoms with Crippen molar-refractivity contribution in [1.29, 1.82) is 0 Å². The molecular formula is C17H33N3OSn. The standard InChI is InChI=1S/C5H6N3O.3C4H9.Sn/c1-2-8(7-6-1)5-3-9-4-5;3*1-3-4-2;/h1,5H,3-4H2;3*1,3-4H2,2H3;. The molecule has 1 fully saturated rings. The van der Waals surface area contributed by atoms with Crippen LogP contribution in [0.15, 0.2) is 6.20 Å². The molecule has 1 saturated heterocycles. The molecule has 1 aliphatic heterocycles. The number of ether oxygens (including phenoxy) is 1. The van der Waals surface area contributed by atoms with Crippen LogP contribution < -0.4 is 3.71 Å². The third kappa shape index (κ3) is 4.25. The van der Waals surface area contributed by atoms with Crippen molar-refractivity contribution in [2.24, 2.45) is 0 Å². The predicted molar refractivity (Wildman–Crippen MR) is 94.4 cm³/mol. The van der Waals surface area contributed by atoms with E-state index in [1.807, 2.05) is 0 Å². The van der Waals surface area contributed by atoms with Gasteiger partial charge in [0.2, 0.25) is 0 Å². The van der Waals surface area contributed by atoms with Gasteiger partial charge in [-0.15, -0.1) is 0 Å². The Balaban J connectivity index is 2.28. The molecule has 0 atom stereocenters. The van der Waals surface area contributed by atoms with E-state index in [9.17, 15) is 0 Å². The summed E-state index contributed by atoms with van der Waals surface area (Å²) in [6.07, 6.45) is 10.2. The van der Waals surface area contributed by atoms with Gasteiger partial charge in [-0.2, -0.15) is 0 Å². The second kappa shape index (κ2) is 9.26. The summed E-state index contributed by atoms with van der Waals surface area (Å²) < 4.78 is 13.7. The van der Waals surface area contributed by atoms with Crippen molar-refractivity contribution in [3.05, 3.63) is 6.20 Å². The summed E-state index contributed by atoms with van der Waals surface area (Å²) in [5.41, 5.74) is 0. The average Bonchev–Trinajstić information content (AvgIpc) is 2.95. The first-order chi connectivity index (χ1) is 10.8. The topological polar surface area (TPSA) is 39.9 Å². The summed E-state index contributed by atoms with van der Waals surface area (Å²) in [6.45, 7) is 8.63. The van der Waals surface area contributed by atoms with E-state index in [0.29, 0.717) is 6.04 Å². The fraction of sp³-hybridized carbons (Fsp3) is 0.882. The molecule has 0 N–H and O–H groups in total. The van der Waals surface area contributed by atoms with Crippen molar-refractivity contribution in [2.75, 3.05) is 13.2 Å². The Morgan fingerprint density at radius 2 is 1.59 bits per heavy atom. The van der Waals surface area contributed by atoms with Crippen molar-refractivity contribution in [3.63, 3.8) is 0 Å². The molecule has 0 saturated carbocycles. The van der Waals surface area contributed by atoms with Gasteiger partial charge in [-0.05, 0) is 0 Å². The van der Waals surface area contributed by atoms with E-state index in [-0.39, 0.29) is 0 Å². The van der Waals surface area contributed by atoms with Crippen LogP contribution in [-0.2, 0) is 4.74 Å². The van der Waals surface area contributed by atoms with Crippen LogP contribution >= 0.6 is 0 Å². The molecule has 1 aromatic rings. The number of nitrogens with zero attached hydrogens (tertiary/aromatic N) is 3. The number of unbranched alkanes of at least 4 members (excludes halogenated alkanes) is 3. The van der Waals surface area contributed by atoms with Crippen LogP contribution in [0.1, 0.15) is 65.3 Å². The van der Waals surface area contributed by atoms with Gasteiger partial charge < -0.3 is 0 Å². The molecule has 0 aliphatic carbocycles. The maximum atomic E-state index is 5.40. The molecule has 0 bridgehead atoms. The third-order valence-electron chi connectivity index (χ3n) is 5.11. The molecule has 22 heavy (non-hydrogen) atoms. The van der Waals surface area contributed by atoms with Gasteiger partial charge in [-0.25, -0.2) is 0 Å². The van der Waals surface area contributed by atoms with Crippen LogP contribution in [-0.4, -0.2) is 46.6 Å². The SMILES string of the molecule is CCC[CH2][Sn]([CH2]CCC)([CH2]CCC)[c]1cnnn1C1COC1. The Hall–Kier alpha value is -0.101. The van der Waals surface area contributed by atoms with Gasteiger partial charge >= 0.3 is 140 Å². The molecular weight excluding hydrogens is 381 g/mol. The zero-order valence-electron chi connectivity index (χ0n) is 14.7. The van der Waals surface area contributed by atoms with Gasteiger partial charge in [-0.3, -0.25) is 0 Å². The van der Waals surface area contributed by atoms with Crippen LogP contribution in [0, 0.1) is 0 Å². The van der Waals surface area contributed by atoms with Crippen LogP contribution in [0.2, 0.25) is 13.3 Å². The molecule has 1 aromatic heterocycles. The van der Waals surface area contributed by atoms with E-state index in [2.05, 4.69) is 42.0 Å². The van der Waals surface area contributed by atoms with Crippen molar-refractivity contribution >= 4 is 22.1 Å². The summed E-state index contributed by atoms with van der Waals surface area (Å²) in [5.74, 6) is 0. The number of hydrogen-bond acceptors (Lipinski definition) is 3. The minimum atomic E-state index is -2.39.